The number of ether oxygens (including phenoxy) is 2. The molecule has 11 nitrogen and oxygen atoms in total. The summed E-state index contributed by atoms with van der Waals surface area (Å²) in [5.41, 5.74) is 9.47. The van der Waals surface area contributed by atoms with Crippen LogP contribution >= 0.6 is 0 Å². The van der Waals surface area contributed by atoms with E-state index in [1.165, 1.54) is 5.56 Å². The normalized spacial score (nSPS) is 14.7. The van der Waals surface area contributed by atoms with Gasteiger partial charge in [-0.3, -0.25) is 14.9 Å². The first kappa shape index (κ1) is 35.3. The number of aryl methyl sites for hydroxylation is 2. The predicted molar refractivity (Wildman–Crippen MR) is 196 cm³/mol. The molecule has 6 rings (SSSR count). The fourth-order valence-electron chi connectivity index (χ4n) is 5.99. The molecule has 1 aliphatic rings. The van der Waals surface area contributed by atoms with E-state index in [0.717, 1.165) is 63.1 Å². The van der Waals surface area contributed by atoms with Crippen molar-refractivity contribution < 1.29 is 23.9 Å². The monoisotopic (exact) mass is 688 g/mol. The summed E-state index contributed by atoms with van der Waals surface area (Å²) >= 11 is 0. The van der Waals surface area contributed by atoms with Gasteiger partial charge in [-0.25, -0.2) is 14.3 Å². The van der Waals surface area contributed by atoms with Gasteiger partial charge in [-0.1, -0.05) is 48.5 Å². The van der Waals surface area contributed by atoms with Gasteiger partial charge in [0.2, 0.25) is 11.8 Å². The molecule has 0 aliphatic carbocycles. The van der Waals surface area contributed by atoms with Gasteiger partial charge in [0.25, 0.3) is 0 Å². The number of carbonyl (C=O) groups is 3. The highest BCUT2D eigenvalue weighted by atomic mass is 16.6. The van der Waals surface area contributed by atoms with Crippen molar-refractivity contribution in [2.45, 2.75) is 78.2 Å². The number of fused-ring (bicyclic) bond motifs is 1. The number of amides is 3. The van der Waals surface area contributed by atoms with Crippen LogP contribution in [0.3, 0.4) is 0 Å². The smallest absolute Gasteiger partial charge is 0.407 e. The molecule has 51 heavy (non-hydrogen) atoms. The topological polar surface area (TPSA) is 136 Å². The highest BCUT2D eigenvalue weighted by Crippen LogP contribution is 2.29. The van der Waals surface area contributed by atoms with E-state index in [1.807, 2.05) is 62.7 Å². The zero-order valence-corrected chi connectivity index (χ0v) is 29.5. The van der Waals surface area contributed by atoms with Gasteiger partial charge in [0.15, 0.2) is 0 Å². The first-order valence-electron chi connectivity index (χ1n) is 17.3. The van der Waals surface area contributed by atoms with Gasteiger partial charge in [-0.05, 0) is 99.0 Å². The van der Waals surface area contributed by atoms with E-state index in [4.69, 9.17) is 9.47 Å². The van der Waals surface area contributed by atoms with Gasteiger partial charge in [-0.2, -0.15) is 5.10 Å². The maximum Gasteiger partial charge on any atom is 0.407 e. The number of benzene rings is 3. The average molecular weight is 689 g/mol. The largest absolute Gasteiger partial charge is 0.444 e. The number of nitrogens with one attached hydrogen (secondary N) is 3. The second kappa shape index (κ2) is 15.6. The molecule has 1 saturated heterocycles. The van der Waals surface area contributed by atoms with Crippen LogP contribution in [-0.4, -0.2) is 50.8 Å². The molecular weight excluding hydrogens is 644 g/mol. The summed E-state index contributed by atoms with van der Waals surface area (Å²) in [6.45, 7) is 9.10. The minimum Gasteiger partial charge on any atom is -0.444 e. The molecule has 0 spiro atoms. The summed E-state index contributed by atoms with van der Waals surface area (Å²) in [5, 5.41) is 12.9. The van der Waals surface area contributed by atoms with Crippen molar-refractivity contribution in [3.63, 3.8) is 0 Å². The second-order valence-corrected chi connectivity index (χ2v) is 13.9. The zero-order valence-electron chi connectivity index (χ0n) is 29.5. The molecule has 1 atom stereocenters. The van der Waals surface area contributed by atoms with E-state index in [9.17, 15) is 14.4 Å². The van der Waals surface area contributed by atoms with Gasteiger partial charge in [0.1, 0.15) is 18.0 Å². The number of hydrogen-bond donors (Lipinski definition) is 3. The lowest BCUT2D eigenvalue weighted by atomic mass is 10.0. The first-order chi connectivity index (χ1) is 24.5. The molecule has 0 saturated carbocycles. The number of imide groups is 1. The minimum absolute atomic E-state index is 0.215. The maximum atomic E-state index is 12.1. The van der Waals surface area contributed by atoms with Crippen molar-refractivity contribution in [3.05, 3.63) is 108 Å². The molecule has 264 valence electrons. The minimum atomic E-state index is -0.547. The van der Waals surface area contributed by atoms with E-state index < -0.39 is 11.7 Å². The third-order valence-electron chi connectivity index (χ3n) is 8.69. The molecule has 5 aromatic rings. The predicted octanol–water partition coefficient (Wildman–Crippen LogP) is 6.76. The van der Waals surface area contributed by atoms with E-state index >= 15 is 0 Å². The summed E-state index contributed by atoms with van der Waals surface area (Å²) < 4.78 is 13.2. The van der Waals surface area contributed by atoms with Crippen molar-refractivity contribution in [3.8, 4) is 22.4 Å². The highest BCUT2D eigenvalue weighted by Gasteiger charge is 2.26. The van der Waals surface area contributed by atoms with Crippen molar-refractivity contribution in [1.82, 2.24) is 25.2 Å². The lowest BCUT2D eigenvalue weighted by Gasteiger charge is -2.22. The first-order valence-corrected chi connectivity index (χ1v) is 17.3. The van der Waals surface area contributed by atoms with Gasteiger partial charge in [0.05, 0.1) is 17.8 Å². The van der Waals surface area contributed by atoms with Crippen molar-refractivity contribution in [2.24, 2.45) is 0 Å². The number of hydrogen-bond acceptors (Lipinski definition) is 8. The molecule has 3 aromatic carbocycles. The van der Waals surface area contributed by atoms with Crippen LogP contribution in [0.25, 0.3) is 27.9 Å². The van der Waals surface area contributed by atoms with Gasteiger partial charge in [0, 0.05) is 42.6 Å². The molecule has 0 radical (unpaired) electrons. The number of alkyl carbamates (subject to hydrolysis) is 1. The van der Waals surface area contributed by atoms with Crippen LogP contribution in [0.4, 0.5) is 10.5 Å². The summed E-state index contributed by atoms with van der Waals surface area (Å²) in [6, 6.07) is 24.2. The molecule has 1 aliphatic heterocycles. The fourth-order valence-corrected chi connectivity index (χ4v) is 5.99. The Bertz CT molecular complexity index is 2010. The Balaban J connectivity index is 0.991. The molecular formula is C40H44N6O5. The van der Waals surface area contributed by atoms with E-state index in [-0.39, 0.29) is 17.9 Å². The number of anilines is 1. The van der Waals surface area contributed by atoms with Crippen LogP contribution in [0.2, 0.25) is 0 Å². The van der Waals surface area contributed by atoms with E-state index in [2.05, 4.69) is 74.6 Å². The number of aromatic nitrogens is 3. The number of carbonyl (C=O) groups excluding carboxylic acids is 3. The summed E-state index contributed by atoms with van der Waals surface area (Å²) in [4.78, 5) is 40.1. The summed E-state index contributed by atoms with van der Waals surface area (Å²) in [6.07, 6.45) is 5.77. The number of nitrogens with zero attached hydrogens (tertiary/aromatic N) is 3. The van der Waals surface area contributed by atoms with Gasteiger partial charge in [-0.15, -0.1) is 0 Å². The molecule has 1 fully saturated rings. The average Bonchev–Trinajstić information content (AvgIpc) is 3.54. The Morgan fingerprint density at radius 3 is 2.43 bits per heavy atom. The fraction of sp³-hybridized carbons (Fsp3) is 0.325. The number of piperidine rings is 1. The molecule has 3 heterocycles. The van der Waals surface area contributed by atoms with Crippen LogP contribution < -0.4 is 16.0 Å². The maximum absolute atomic E-state index is 12.1. The molecule has 1 unspecified atom stereocenters. The second-order valence-electron chi connectivity index (χ2n) is 13.9. The Labute approximate surface area is 297 Å². The van der Waals surface area contributed by atoms with Crippen LogP contribution in [0.1, 0.15) is 62.3 Å². The standard InChI is InChI=1S/C40H44N6O5/c1-26-20-30(13-14-31(26)22-41-39(49)51-40(2,3)4)37-35-21-32(23-46(35)43-25-42-37)29-11-7-28(8-12-29)24-50-19-5-6-27-9-15-33(16-10-27)44-34-17-18-36(47)45-38(34)48/h7-16,20-21,23,25,34,44H,5-6,17-19,22,24H2,1-4H3,(H,41,49)(H,45,47,48). The molecule has 2 aromatic heterocycles. The number of rotatable bonds is 12. The van der Waals surface area contributed by atoms with Crippen LogP contribution in [0.5, 0.6) is 0 Å². The van der Waals surface area contributed by atoms with E-state index in [1.54, 1.807) is 6.33 Å². The van der Waals surface area contributed by atoms with Crippen molar-refractivity contribution in [1.29, 1.82) is 0 Å². The highest BCUT2D eigenvalue weighted by molar-refractivity contribution is 6.01. The molecule has 3 N–H and O–H groups in total. The van der Waals surface area contributed by atoms with Gasteiger partial charge >= 0.3 is 6.09 Å². The molecule has 0 bridgehead atoms. The van der Waals surface area contributed by atoms with Crippen LogP contribution in [0.15, 0.2) is 85.3 Å². The van der Waals surface area contributed by atoms with Crippen LogP contribution in [0, 0.1) is 6.92 Å². The zero-order chi connectivity index (χ0) is 36.0. The Morgan fingerprint density at radius 2 is 1.71 bits per heavy atom. The quantitative estimate of drug-likeness (QED) is 0.0967. The molecule has 3 amide bonds. The van der Waals surface area contributed by atoms with Crippen molar-refractivity contribution >= 4 is 29.1 Å². The van der Waals surface area contributed by atoms with Crippen LogP contribution in [-0.2, 0) is 38.6 Å². The molecule has 11 heteroatoms. The Morgan fingerprint density at radius 1 is 0.961 bits per heavy atom. The Hall–Kier alpha value is -5.55. The summed E-state index contributed by atoms with van der Waals surface area (Å²) in [5.74, 6) is -0.487. The van der Waals surface area contributed by atoms with Crippen molar-refractivity contribution in [2.75, 3.05) is 11.9 Å². The van der Waals surface area contributed by atoms with E-state index in [0.29, 0.717) is 32.6 Å². The summed E-state index contributed by atoms with van der Waals surface area (Å²) in [7, 11) is 0. The third kappa shape index (κ3) is 9.37. The third-order valence-corrected chi connectivity index (χ3v) is 8.69. The lowest BCUT2D eigenvalue weighted by Crippen LogP contribution is -2.47. The lowest BCUT2D eigenvalue weighted by molar-refractivity contribution is -0.133. The Kier molecular flexibility index (Phi) is 10.8. The SMILES string of the molecule is Cc1cc(-c2ncnn3cc(-c4ccc(COCCCc5ccc(NC6CCC(=O)NC6=O)cc5)cc4)cc23)ccc1CNC(=O)OC(C)(C)C. The van der Waals surface area contributed by atoms with Gasteiger partial charge < -0.3 is 20.1 Å².